The zero-order valence-electron chi connectivity index (χ0n) is 9.68. The summed E-state index contributed by atoms with van der Waals surface area (Å²) in [6, 6.07) is 10.3. The van der Waals surface area contributed by atoms with Gasteiger partial charge in [-0.15, -0.1) is 0 Å². The third kappa shape index (κ3) is 2.74. The zero-order chi connectivity index (χ0) is 13.8. The van der Waals surface area contributed by atoms with Crippen molar-refractivity contribution in [2.75, 3.05) is 11.1 Å². The molecule has 0 bridgehead atoms. The molecule has 0 spiro atoms. The number of halogens is 1. The van der Waals surface area contributed by atoms with E-state index in [1.165, 1.54) is 18.3 Å². The number of hydrogen-bond acceptors (Lipinski definition) is 5. The highest BCUT2D eigenvalue weighted by Gasteiger charge is 2.07. The van der Waals surface area contributed by atoms with E-state index < -0.39 is 0 Å². The van der Waals surface area contributed by atoms with Crippen LogP contribution < -0.4 is 11.1 Å². The van der Waals surface area contributed by atoms with E-state index in [2.05, 4.69) is 10.3 Å². The molecule has 0 aliphatic heterocycles. The van der Waals surface area contributed by atoms with E-state index in [-0.39, 0.29) is 0 Å². The highest BCUT2D eigenvalue weighted by molar-refractivity contribution is 6.33. The highest BCUT2D eigenvalue weighted by Crippen LogP contribution is 2.27. The van der Waals surface area contributed by atoms with E-state index in [1.54, 1.807) is 12.1 Å². The van der Waals surface area contributed by atoms with Gasteiger partial charge in [0.25, 0.3) is 0 Å². The van der Waals surface area contributed by atoms with E-state index in [1.807, 2.05) is 12.1 Å². The molecule has 6 heteroatoms. The van der Waals surface area contributed by atoms with Gasteiger partial charge in [0.15, 0.2) is 0 Å². The van der Waals surface area contributed by atoms with Crippen LogP contribution in [0, 0.1) is 22.7 Å². The first-order chi connectivity index (χ1) is 9.13. The normalized spacial score (nSPS) is 9.42. The summed E-state index contributed by atoms with van der Waals surface area (Å²) in [6.07, 6.45) is 1.45. The van der Waals surface area contributed by atoms with Crippen LogP contribution in [0.5, 0.6) is 0 Å². The van der Waals surface area contributed by atoms with Gasteiger partial charge >= 0.3 is 0 Å². The molecule has 1 aromatic heterocycles. The van der Waals surface area contributed by atoms with E-state index >= 15 is 0 Å². The molecule has 0 saturated carbocycles. The van der Waals surface area contributed by atoms with Crippen molar-refractivity contribution >= 4 is 28.8 Å². The first-order valence-electron chi connectivity index (χ1n) is 5.26. The minimum atomic E-state index is 0.320. The van der Waals surface area contributed by atoms with Gasteiger partial charge in [-0.05, 0) is 24.3 Å². The summed E-state index contributed by atoms with van der Waals surface area (Å²) in [7, 11) is 0. The predicted molar refractivity (Wildman–Crippen MR) is 72.8 cm³/mol. The molecule has 2 rings (SSSR count). The maximum Gasteiger partial charge on any atom is 0.148 e. The fourth-order valence-corrected chi connectivity index (χ4v) is 1.71. The molecule has 5 nitrogen and oxygen atoms in total. The number of benzene rings is 1. The average molecular weight is 270 g/mol. The van der Waals surface area contributed by atoms with Crippen molar-refractivity contribution in [1.82, 2.24) is 4.98 Å². The van der Waals surface area contributed by atoms with E-state index in [4.69, 9.17) is 27.9 Å². The summed E-state index contributed by atoms with van der Waals surface area (Å²) in [6.45, 7) is 0. The van der Waals surface area contributed by atoms with Crippen molar-refractivity contribution in [3.8, 4) is 12.1 Å². The van der Waals surface area contributed by atoms with Gasteiger partial charge < -0.3 is 11.1 Å². The molecule has 0 saturated heterocycles. The second-order valence-corrected chi connectivity index (χ2v) is 4.12. The largest absolute Gasteiger partial charge is 0.397 e. The van der Waals surface area contributed by atoms with E-state index in [0.717, 1.165) is 0 Å². The summed E-state index contributed by atoms with van der Waals surface area (Å²) in [5.41, 5.74) is 7.31. The lowest BCUT2D eigenvalue weighted by atomic mass is 10.2. The molecular weight excluding hydrogens is 262 g/mol. The van der Waals surface area contributed by atoms with Gasteiger partial charge in [0.2, 0.25) is 0 Å². The Balaban J connectivity index is 2.37. The van der Waals surface area contributed by atoms with Crippen molar-refractivity contribution in [3.63, 3.8) is 0 Å². The van der Waals surface area contributed by atoms with Gasteiger partial charge in [0, 0.05) is 0 Å². The Morgan fingerprint density at radius 1 is 1.21 bits per heavy atom. The van der Waals surface area contributed by atoms with Crippen LogP contribution in [0.4, 0.5) is 17.2 Å². The average Bonchev–Trinajstić information content (AvgIpc) is 2.42. The summed E-state index contributed by atoms with van der Waals surface area (Å²) in [5, 5.41) is 21.1. The van der Waals surface area contributed by atoms with Crippen molar-refractivity contribution in [2.45, 2.75) is 0 Å². The fraction of sp³-hybridized carbons (Fsp3) is 0. The quantitative estimate of drug-likeness (QED) is 0.873. The third-order valence-corrected chi connectivity index (χ3v) is 2.69. The smallest absolute Gasteiger partial charge is 0.148 e. The maximum atomic E-state index is 9.01. The van der Waals surface area contributed by atoms with Crippen molar-refractivity contribution in [1.29, 1.82) is 10.5 Å². The van der Waals surface area contributed by atoms with Crippen LogP contribution in [0.25, 0.3) is 0 Å². The SMILES string of the molecule is N#Cc1ccc(Nc2ncc(N)cc2C#N)c(Cl)c1. The molecule has 2 aromatic rings. The van der Waals surface area contributed by atoms with E-state index in [9.17, 15) is 0 Å². The molecule has 0 aliphatic rings. The Kier molecular flexibility index (Phi) is 3.51. The molecule has 0 radical (unpaired) electrons. The molecule has 1 aromatic carbocycles. The Morgan fingerprint density at radius 3 is 2.63 bits per heavy atom. The lowest BCUT2D eigenvalue weighted by Crippen LogP contribution is -1.99. The number of pyridine rings is 1. The second kappa shape index (κ2) is 5.26. The van der Waals surface area contributed by atoms with Gasteiger partial charge in [0.1, 0.15) is 11.9 Å². The number of nitrogens with zero attached hydrogens (tertiary/aromatic N) is 3. The van der Waals surface area contributed by atoms with Gasteiger partial charge in [-0.2, -0.15) is 10.5 Å². The van der Waals surface area contributed by atoms with Crippen molar-refractivity contribution in [3.05, 3.63) is 46.6 Å². The molecular formula is C13H8ClN5. The molecule has 0 fully saturated rings. The first kappa shape index (κ1) is 12.7. The number of anilines is 3. The predicted octanol–water partition coefficient (Wildman–Crippen LogP) is 2.80. The molecule has 0 unspecified atom stereocenters. The lowest BCUT2D eigenvalue weighted by Gasteiger charge is -2.09. The molecule has 3 N–H and O–H groups in total. The topological polar surface area (TPSA) is 98.5 Å². The van der Waals surface area contributed by atoms with Crippen molar-refractivity contribution in [2.24, 2.45) is 0 Å². The van der Waals surface area contributed by atoms with Gasteiger partial charge in [0.05, 0.1) is 39.8 Å². The Labute approximate surface area is 114 Å². The van der Waals surface area contributed by atoms with Gasteiger partial charge in [-0.1, -0.05) is 11.6 Å². The van der Waals surface area contributed by atoms with Gasteiger partial charge in [-0.3, -0.25) is 0 Å². The molecule has 0 atom stereocenters. The second-order valence-electron chi connectivity index (χ2n) is 3.71. The molecule has 0 amide bonds. The van der Waals surface area contributed by atoms with Crippen LogP contribution in [0.2, 0.25) is 5.02 Å². The number of aromatic nitrogens is 1. The molecule has 1 heterocycles. The monoisotopic (exact) mass is 269 g/mol. The Hall–Kier alpha value is -2.76. The number of nitrogens with one attached hydrogen (secondary N) is 1. The number of rotatable bonds is 2. The number of nitrogen functional groups attached to an aromatic ring is 1. The molecule has 19 heavy (non-hydrogen) atoms. The minimum Gasteiger partial charge on any atom is -0.397 e. The standard InChI is InChI=1S/C13H8ClN5/c14-11-3-8(5-15)1-2-12(11)19-13-9(6-16)4-10(17)7-18-13/h1-4,7H,17H2,(H,18,19). The molecule has 0 aliphatic carbocycles. The molecule has 92 valence electrons. The number of nitrogens with two attached hydrogens (primary N) is 1. The van der Waals surface area contributed by atoms with Crippen LogP contribution in [-0.4, -0.2) is 4.98 Å². The Morgan fingerprint density at radius 2 is 2.00 bits per heavy atom. The van der Waals surface area contributed by atoms with Crippen LogP contribution in [0.1, 0.15) is 11.1 Å². The van der Waals surface area contributed by atoms with Crippen LogP contribution in [0.15, 0.2) is 30.5 Å². The van der Waals surface area contributed by atoms with Crippen molar-refractivity contribution < 1.29 is 0 Å². The number of nitriles is 2. The van der Waals surface area contributed by atoms with E-state index in [0.29, 0.717) is 33.3 Å². The first-order valence-corrected chi connectivity index (χ1v) is 5.64. The summed E-state index contributed by atoms with van der Waals surface area (Å²) >= 11 is 6.04. The zero-order valence-corrected chi connectivity index (χ0v) is 10.4. The van der Waals surface area contributed by atoms with Crippen LogP contribution >= 0.6 is 11.6 Å². The summed E-state index contributed by atoms with van der Waals surface area (Å²) in [4.78, 5) is 4.05. The van der Waals surface area contributed by atoms with Gasteiger partial charge in [-0.25, -0.2) is 4.98 Å². The van der Waals surface area contributed by atoms with Crippen LogP contribution in [0.3, 0.4) is 0 Å². The third-order valence-electron chi connectivity index (χ3n) is 2.38. The summed E-state index contributed by atoms with van der Waals surface area (Å²) in [5.74, 6) is 0.364. The summed E-state index contributed by atoms with van der Waals surface area (Å²) < 4.78 is 0. The number of hydrogen-bond donors (Lipinski definition) is 2. The maximum absolute atomic E-state index is 9.01. The van der Waals surface area contributed by atoms with Crippen LogP contribution in [-0.2, 0) is 0 Å². The lowest BCUT2D eigenvalue weighted by molar-refractivity contribution is 1.29. The highest BCUT2D eigenvalue weighted by atomic mass is 35.5. The minimum absolute atomic E-state index is 0.320. The Bertz CT molecular complexity index is 712. The fourth-order valence-electron chi connectivity index (χ4n) is 1.48.